The second-order valence-corrected chi connectivity index (χ2v) is 9.38. The Morgan fingerprint density at radius 2 is 1.86 bits per heavy atom. The van der Waals surface area contributed by atoms with Gasteiger partial charge in [-0.05, 0) is 96.8 Å². The van der Waals surface area contributed by atoms with Crippen LogP contribution in [0.3, 0.4) is 0 Å². The van der Waals surface area contributed by atoms with E-state index in [0.717, 1.165) is 49.0 Å². The van der Waals surface area contributed by atoms with Crippen LogP contribution >= 0.6 is 0 Å². The second-order valence-electron chi connectivity index (χ2n) is 9.38. The molecule has 2 aromatic carbocycles. The quantitative estimate of drug-likeness (QED) is 0.574. The van der Waals surface area contributed by atoms with E-state index < -0.39 is 0 Å². The van der Waals surface area contributed by atoms with Crippen LogP contribution in [0.5, 0.6) is 5.75 Å². The first-order chi connectivity index (χ1) is 14.1. The number of hydrogen-bond acceptors (Lipinski definition) is 2. The van der Waals surface area contributed by atoms with E-state index in [-0.39, 0.29) is 5.41 Å². The molecule has 2 nitrogen and oxygen atoms in total. The fraction of sp³-hybridized carbons (Fsp3) is 0.444. The predicted molar refractivity (Wildman–Crippen MR) is 117 cm³/mol. The van der Waals surface area contributed by atoms with Crippen LogP contribution in [0.15, 0.2) is 54.1 Å². The van der Waals surface area contributed by atoms with Gasteiger partial charge in [-0.3, -0.25) is 4.79 Å². The SMILES string of the molecule is COc1ccc2c(c1)CCC1C2CCC2(C)C(=O)C(=Cc3ccccc3)CCC12. The molecule has 0 spiro atoms. The number of aryl methyl sites for hydroxylation is 1. The van der Waals surface area contributed by atoms with Crippen LogP contribution in [0.25, 0.3) is 6.08 Å². The lowest BCUT2D eigenvalue weighted by Gasteiger charge is -2.53. The number of rotatable bonds is 2. The third-order valence-electron chi connectivity index (χ3n) is 8.00. The molecule has 3 aliphatic rings. The Morgan fingerprint density at radius 1 is 1.03 bits per heavy atom. The molecule has 3 aliphatic carbocycles. The largest absolute Gasteiger partial charge is 0.497 e. The van der Waals surface area contributed by atoms with Crippen molar-refractivity contribution in [2.45, 2.75) is 51.4 Å². The minimum Gasteiger partial charge on any atom is -0.497 e. The van der Waals surface area contributed by atoms with Crippen molar-refractivity contribution in [2.24, 2.45) is 17.3 Å². The number of allylic oxidation sites excluding steroid dienone is 1. The van der Waals surface area contributed by atoms with Gasteiger partial charge in [0.2, 0.25) is 0 Å². The molecule has 0 heterocycles. The maximum absolute atomic E-state index is 13.6. The number of ketones is 1. The Hall–Kier alpha value is -2.35. The molecule has 2 heteroatoms. The van der Waals surface area contributed by atoms with E-state index in [0.29, 0.717) is 23.5 Å². The molecular formula is C27H30O2. The second kappa shape index (κ2) is 7.16. The lowest BCUT2D eigenvalue weighted by molar-refractivity contribution is -0.134. The number of carbonyl (C=O) groups excluding carboxylic acids is 1. The fourth-order valence-corrected chi connectivity index (χ4v) is 6.50. The van der Waals surface area contributed by atoms with Crippen molar-refractivity contribution < 1.29 is 9.53 Å². The Balaban J connectivity index is 1.44. The van der Waals surface area contributed by atoms with E-state index in [4.69, 9.17) is 4.74 Å². The first kappa shape index (κ1) is 18.7. The summed E-state index contributed by atoms with van der Waals surface area (Å²) >= 11 is 0. The molecule has 150 valence electrons. The molecule has 0 bridgehead atoms. The third-order valence-corrected chi connectivity index (χ3v) is 8.00. The van der Waals surface area contributed by atoms with Crippen LogP contribution in [-0.2, 0) is 11.2 Å². The summed E-state index contributed by atoms with van der Waals surface area (Å²) in [5.74, 6) is 3.13. The number of hydrogen-bond donors (Lipinski definition) is 0. The van der Waals surface area contributed by atoms with Crippen molar-refractivity contribution in [1.29, 1.82) is 0 Å². The Kier molecular flexibility index (Phi) is 4.61. The topological polar surface area (TPSA) is 26.3 Å². The molecule has 0 amide bonds. The number of fused-ring (bicyclic) bond motifs is 5. The van der Waals surface area contributed by atoms with Crippen LogP contribution in [0.4, 0.5) is 0 Å². The number of carbonyl (C=O) groups is 1. The van der Waals surface area contributed by atoms with E-state index in [2.05, 4.69) is 43.3 Å². The summed E-state index contributed by atoms with van der Waals surface area (Å²) in [6.07, 6.45) is 8.66. The average molecular weight is 387 g/mol. The molecule has 0 aliphatic heterocycles. The normalized spacial score (nSPS) is 32.3. The smallest absolute Gasteiger partial charge is 0.165 e. The first-order valence-corrected chi connectivity index (χ1v) is 11.1. The van der Waals surface area contributed by atoms with Crippen LogP contribution < -0.4 is 4.74 Å². The summed E-state index contributed by atoms with van der Waals surface area (Å²) in [4.78, 5) is 13.6. The van der Waals surface area contributed by atoms with Crippen molar-refractivity contribution in [2.75, 3.05) is 7.11 Å². The van der Waals surface area contributed by atoms with Gasteiger partial charge in [-0.2, -0.15) is 0 Å². The molecule has 5 rings (SSSR count). The highest BCUT2D eigenvalue weighted by Crippen LogP contribution is 2.59. The van der Waals surface area contributed by atoms with Gasteiger partial charge in [-0.25, -0.2) is 0 Å². The van der Waals surface area contributed by atoms with E-state index >= 15 is 0 Å². The summed E-state index contributed by atoms with van der Waals surface area (Å²) in [6.45, 7) is 2.26. The summed E-state index contributed by atoms with van der Waals surface area (Å²) < 4.78 is 5.44. The maximum Gasteiger partial charge on any atom is 0.165 e. The van der Waals surface area contributed by atoms with Crippen molar-refractivity contribution in [3.63, 3.8) is 0 Å². The van der Waals surface area contributed by atoms with Crippen LogP contribution in [0.1, 0.15) is 61.6 Å². The number of ether oxygens (including phenoxy) is 1. The highest BCUT2D eigenvalue weighted by molar-refractivity contribution is 6.04. The Morgan fingerprint density at radius 3 is 2.66 bits per heavy atom. The number of benzene rings is 2. The van der Waals surface area contributed by atoms with E-state index in [1.54, 1.807) is 7.11 Å². The van der Waals surface area contributed by atoms with Gasteiger partial charge >= 0.3 is 0 Å². The van der Waals surface area contributed by atoms with Crippen LogP contribution in [0, 0.1) is 17.3 Å². The maximum atomic E-state index is 13.6. The first-order valence-electron chi connectivity index (χ1n) is 11.1. The molecule has 4 unspecified atom stereocenters. The van der Waals surface area contributed by atoms with Gasteiger partial charge in [0.1, 0.15) is 5.75 Å². The zero-order valence-electron chi connectivity index (χ0n) is 17.5. The van der Waals surface area contributed by atoms with Gasteiger partial charge in [0, 0.05) is 5.41 Å². The highest BCUT2D eigenvalue weighted by atomic mass is 16.5. The zero-order chi connectivity index (χ0) is 20.0. The zero-order valence-corrected chi connectivity index (χ0v) is 17.5. The molecule has 4 atom stereocenters. The number of methoxy groups -OCH3 is 1. The highest BCUT2D eigenvalue weighted by Gasteiger charge is 2.53. The van der Waals surface area contributed by atoms with Gasteiger partial charge < -0.3 is 4.74 Å². The molecule has 0 radical (unpaired) electrons. The van der Waals surface area contributed by atoms with Crippen LogP contribution in [-0.4, -0.2) is 12.9 Å². The molecule has 29 heavy (non-hydrogen) atoms. The van der Waals surface area contributed by atoms with E-state index in [9.17, 15) is 4.79 Å². The van der Waals surface area contributed by atoms with Gasteiger partial charge in [-0.1, -0.05) is 43.3 Å². The van der Waals surface area contributed by atoms with Crippen molar-refractivity contribution in [3.05, 3.63) is 70.8 Å². The summed E-state index contributed by atoms with van der Waals surface area (Å²) in [5.41, 5.74) is 4.97. The molecule has 0 N–H and O–H groups in total. The molecule has 2 fully saturated rings. The fourth-order valence-electron chi connectivity index (χ4n) is 6.50. The predicted octanol–water partition coefficient (Wildman–Crippen LogP) is 6.20. The monoisotopic (exact) mass is 386 g/mol. The van der Waals surface area contributed by atoms with Crippen LogP contribution in [0.2, 0.25) is 0 Å². The third kappa shape index (κ3) is 3.04. The van der Waals surface area contributed by atoms with Gasteiger partial charge in [-0.15, -0.1) is 0 Å². The Labute approximate surface area is 174 Å². The summed E-state index contributed by atoms with van der Waals surface area (Å²) in [5, 5.41) is 0. The minimum atomic E-state index is -0.190. The summed E-state index contributed by atoms with van der Waals surface area (Å²) in [7, 11) is 1.74. The molecular weight excluding hydrogens is 356 g/mol. The lowest BCUT2D eigenvalue weighted by Crippen LogP contribution is -2.49. The molecule has 2 saturated carbocycles. The standard InChI is InChI=1S/C27H30O2/c1-27-15-14-23-22-12-10-21(29-2)17-19(22)8-11-24(23)25(27)13-9-20(26(27)28)16-18-6-4-3-5-7-18/h3-7,10,12,16-17,23-25H,8-9,11,13-15H2,1-2H3. The lowest BCUT2D eigenvalue weighted by atomic mass is 9.50. The summed E-state index contributed by atoms with van der Waals surface area (Å²) in [6, 6.07) is 16.9. The van der Waals surface area contributed by atoms with Crippen molar-refractivity contribution in [3.8, 4) is 5.75 Å². The van der Waals surface area contributed by atoms with Crippen molar-refractivity contribution >= 4 is 11.9 Å². The van der Waals surface area contributed by atoms with E-state index in [1.165, 1.54) is 17.5 Å². The minimum absolute atomic E-state index is 0.190. The molecule has 0 saturated heterocycles. The Bertz CT molecular complexity index is 958. The molecule has 0 aromatic heterocycles. The van der Waals surface area contributed by atoms with Gasteiger partial charge in [0.05, 0.1) is 7.11 Å². The molecule has 2 aromatic rings. The average Bonchev–Trinajstić information content (AvgIpc) is 2.76. The van der Waals surface area contributed by atoms with E-state index in [1.807, 2.05) is 18.2 Å². The van der Waals surface area contributed by atoms with Gasteiger partial charge in [0.15, 0.2) is 5.78 Å². The van der Waals surface area contributed by atoms with Crippen molar-refractivity contribution in [1.82, 2.24) is 0 Å². The van der Waals surface area contributed by atoms with Gasteiger partial charge in [0.25, 0.3) is 0 Å². The number of Topliss-reactive ketones (excluding diaryl/α,β-unsaturated/α-hetero) is 1.